The predicted molar refractivity (Wildman–Crippen MR) is 120 cm³/mol. The van der Waals surface area contributed by atoms with Gasteiger partial charge in [-0.15, -0.1) is 0 Å². The van der Waals surface area contributed by atoms with E-state index in [-0.39, 0.29) is 11.8 Å². The minimum absolute atomic E-state index is 0.0171. The van der Waals surface area contributed by atoms with E-state index in [2.05, 4.69) is 22.5 Å². The summed E-state index contributed by atoms with van der Waals surface area (Å²) in [6.45, 7) is 8.47. The lowest BCUT2D eigenvalue weighted by Gasteiger charge is -2.42. The first-order chi connectivity index (χ1) is 14.3. The van der Waals surface area contributed by atoms with Crippen LogP contribution in [-0.4, -0.2) is 29.4 Å². The van der Waals surface area contributed by atoms with Gasteiger partial charge in [-0.2, -0.15) is 0 Å². The number of carbonyl (C=O) groups excluding carboxylic acids is 1. The van der Waals surface area contributed by atoms with Gasteiger partial charge in [-0.3, -0.25) is 0 Å². The van der Waals surface area contributed by atoms with Gasteiger partial charge in [-0.25, -0.2) is 4.79 Å². The number of hydrogen-bond acceptors (Lipinski definition) is 4. The minimum Gasteiger partial charge on any atom is -0.463 e. The Balaban J connectivity index is 1.69. The quantitative estimate of drug-likeness (QED) is 0.451. The first kappa shape index (κ1) is 21.8. The predicted octanol–water partition coefficient (Wildman–Crippen LogP) is 5.51. The molecule has 1 saturated heterocycles. The summed E-state index contributed by atoms with van der Waals surface area (Å²) >= 11 is 3.63. The van der Waals surface area contributed by atoms with E-state index in [1.54, 1.807) is 0 Å². The van der Waals surface area contributed by atoms with Gasteiger partial charge in [-0.1, -0.05) is 65.2 Å². The molecule has 4 nitrogen and oxygen atoms in total. The first-order valence-electron chi connectivity index (χ1n) is 11.0. The fraction of sp³-hybridized carbons (Fsp3) is 0.560. The van der Waals surface area contributed by atoms with Crippen LogP contribution in [0.15, 0.2) is 52.5 Å². The van der Waals surface area contributed by atoms with Crippen LogP contribution in [-0.2, 0) is 14.3 Å². The maximum absolute atomic E-state index is 13.2. The number of aliphatic hydroxyl groups is 1. The molecule has 0 radical (unpaired) electrons. The molecule has 162 valence electrons. The summed E-state index contributed by atoms with van der Waals surface area (Å²) in [5, 5.41) is 12.0. The van der Waals surface area contributed by atoms with Crippen LogP contribution in [0.1, 0.15) is 57.6 Å². The van der Waals surface area contributed by atoms with Gasteiger partial charge in [-0.05, 0) is 62.1 Å². The number of ether oxygens (including phenoxy) is 2. The van der Waals surface area contributed by atoms with Crippen molar-refractivity contribution in [2.75, 3.05) is 6.61 Å². The standard InChI is InChI=1S/C25H31BrO4/c1-15(2)18-13-12-16(3)25(28)21(18)22(19-10-6-7-11-20(19)26)30-23(25)24(27)29-14-17-8-4-5-9-17/h6-7,10-12,17-18,21-23,28H,1,4-5,8-9,13-14H2,2-3H3/t18-,21+,22+,23-,25-/m1/s1. The minimum atomic E-state index is -1.41. The lowest BCUT2D eigenvalue weighted by atomic mass is 9.63. The monoisotopic (exact) mass is 474 g/mol. The Morgan fingerprint density at radius 1 is 1.33 bits per heavy atom. The fourth-order valence-corrected chi connectivity index (χ4v) is 6.02. The van der Waals surface area contributed by atoms with Crippen LogP contribution < -0.4 is 0 Å². The third kappa shape index (κ3) is 3.69. The zero-order valence-electron chi connectivity index (χ0n) is 17.8. The molecule has 30 heavy (non-hydrogen) atoms. The second-order valence-corrected chi connectivity index (χ2v) is 10.0. The Kier molecular flexibility index (Phi) is 6.25. The van der Waals surface area contributed by atoms with Gasteiger partial charge < -0.3 is 14.6 Å². The summed E-state index contributed by atoms with van der Waals surface area (Å²) in [5.74, 6) is -0.323. The van der Waals surface area contributed by atoms with Gasteiger partial charge in [0, 0.05) is 10.4 Å². The molecule has 0 amide bonds. The summed E-state index contributed by atoms with van der Waals surface area (Å²) < 4.78 is 13.0. The van der Waals surface area contributed by atoms with Gasteiger partial charge in [0.25, 0.3) is 0 Å². The van der Waals surface area contributed by atoms with Gasteiger partial charge >= 0.3 is 5.97 Å². The van der Waals surface area contributed by atoms with E-state index in [0.29, 0.717) is 12.5 Å². The zero-order valence-corrected chi connectivity index (χ0v) is 19.4. The van der Waals surface area contributed by atoms with E-state index >= 15 is 0 Å². The highest BCUT2D eigenvalue weighted by Crippen LogP contribution is 2.57. The van der Waals surface area contributed by atoms with Gasteiger partial charge in [0.2, 0.25) is 0 Å². The number of hydrogen-bond donors (Lipinski definition) is 1. The van der Waals surface area contributed by atoms with Crippen LogP contribution in [0.25, 0.3) is 0 Å². The van der Waals surface area contributed by atoms with Crippen LogP contribution >= 0.6 is 15.9 Å². The van der Waals surface area contributed by atoms with E-state index in [9.17, 15) is 9.90 Å². The molecule has 5 heteroatoms. The van der Waals surface area contributed by atoms with E-state index in [0.717, 1.165) is 40.4 Å². The first-order valence-corrected chi connectivity index (χ1v) is 11.7. The number of benzene rings is 1. The summed E-state index contributed by atoms with van der Waals surface area (Å²) in [4.78, 5) is 13.2. The third-order valence-corrected chi connectivity index (χ3v) is 7.98. The Morgan fingerprint density at radius 3 is 2.70 bits per heavy atom. The molecule has 1 aromatic rings. The van der Waals surface area contributed by atoms with Crippen molar-refractivity contribution in [3.63, 3.8) is 0 Å². The molecule has 1 heterocycles. The van der Waals surface area contributed by atoms with Crippen molar-refractivity contribution in [2.45, 2.75) is 63.8 Å². The van der Waals surface area contributed by atoms with Crippen molar-refractivity contribution in [1.29, 1.82) is 0 Å². The smallest absolute Gasteiger partial charge is 0.338 e. The highest BCUT2D eigenvalue weighted by molar-refractivity contribution is 9.10. The average molecular weight is 475 g/mol. The second kappa shape index (κ2) is 8.60. The molecule has 0 unspecified atom stereocenters. The highest BCUT2D eigenvalue weighted by Gasteiger charge is 2.63. The van der Waals surface area contributed by atoms with Crippen LogP contribution in [0, 0.1) is 17.8 Å². The fourth-order valence-electron chi connectivity index (χ4n) is 5.51. The van der Waals surface area contributed by atoms with Crippen LogP contribution in [0.2, 0.25) is 0 Å². The Labute approximate surface area is 187 Å². The third-order valence-electron chi connectivity index (χ3n) is 7.25. The van der Waals surface area contributed by atoms with Crippen molar-refractivity contribution in [1.82, 2.24) is 0 Å². The van der Waals surface area contributed by atoms with E-state index in [4.69, 9.17) is 9.47 Å². The van der Waals surface area contributed by atoms with Crippen molar-refractivity contribution >= 4 is 21.9 Å². The van der Waals surface area contributed by atoms with Crippen LogP contribution in [0.4, 0.5) is 0 Å². The van der Waals surface area contributed by atoms with E-state index < -0.39 is 23.8 Å². The van der Waals surface area contributed by atoms with Gasteiger partial charge in [0.05, 0.1) is 12.7 Å². The Bertz CT molecular complexity index is 856. The van der Waals surface area contributed by atoms with Crippen molar-refractivity contribution in [3.05, 3.63) is 58.1 Å². The Hall–Kier alpha value is -1.43. The molecular weight excluding hydrogens is 444 g/mol. The molecule has 1 aromatic carbocycles. The number of esters is 1. The summed E-state index contributed by atoms with van der Waals surface area (Å²) in [6.07, 6.45) is 5.92. The number of carbonyl (C=O) groups is 1. The Morgan fingerprint density at radius 2 is 2.03 bits per heavy atom. The molecule has 1 saturated carbocycles. The normalized spacial score (nSPS) is 33.8. The van der Waals surface area contributed by atoms with Crippen molar-refractivity contribution in [2.24, 2.45) is 17.8 Å². The molecule has 2 fully saturated rings. The SMILES string of the molecule is C=C(C)[C@H]1CC=C(C)[C@@]2(O)[C@@H]1[C@H](c1ccccc1Br)O[C@@H]2C(=O)OCC1CCCC1. The molecule has 3 aliphatic rings. The summed E-state index contributed by atoms with van der Waals surface area (Å²) in [7, 11) is 0. The van der Waals surface area contributed by atoms with E-state index in [1.807, 2.05) is 44.2 Å². The zero-order chi connectivity index (χ0) is 21.5. The molecule has 0 bridgehead atoms. The molecule has 5 atom stereocenters. The number of halogens is 1. The maximum Gasteiger partial charge on any atom is 0.338 e. The van der Waals surface area contributed by atoms with Crippen molar-refractivity contribution in [3.8, 4) is 0 Å². The largest absolute Gasteiger partial charge is 0.463 e. The highest BCUT2D eigenvalue weighted by atomic mass is 79.9. The molecule has 2 aliphatic carbocycles. The number of fused-ring (bicyclic) bond motifs is 1. The van der Waals surface area contributed by atoms with E-state index in [1.165, 1.54) is 12.8 Å². The van der Waals surface area contributed by atoms with Gasteiger partial charge in [0.1, 0.15) is 5.60 Å². The summed E-state index contributed by atoms with van der Waals surface area (Å²) in [6, 6.07) is 7.86. The average Bonchev–Trinajstić information content (AvgIpc) is 3.34. The molecule has 1 N–H and O–H groups in total. The lowest BCUT2D eigenvalue weighted by Crippen LogP contribution is -2.53. The van der Waals surface area contributed by atoms with Crippen LogP contribution in [0.5, 0.6) is 0 Å². The number of rotatable bonds is 5. The molecule has 0 aromatic heterocycles. The van der Waals surface area contributed by atoms with Gasteiger partial charge in [0.15, 0.2) is 6.10 Å². The lowest BCUT2D eigenvalue weighted by molar-refractivity contribution is -0.166. The summed E-state index contributed by atoms with van der Waals surface area (Å²) in [5.41, 5.74) is 1.30. The number of allylic oxidation sites excluding steroid dienone is 2. The second-order valence-electron chi connectivity index (χ2n) is 9.17. The molecule has 0 spiro atoms. The molecular formula is C25H31BrO4. The van der Waals surface area contributed by atoms with Crippen molar-refractivity contribution < 1.29 is 19.4 Å². The van der Waals surface area contributed by atoms with Crippen LogP contribution in [0.3, 0.4) is 0 Å². The topological polar surface area (TPSA) is 55.8 Å². The molecule has 4 rings (SSSR count). The maximum atomic E-state index is 13.2. The molecule has 1 aliphatic heterocycles.